The Morgan fingerprint density at radius 3 is 1.81 bits per heavy atom. The van der Waals surface area contributed by atoms with Crippen LogP contribution in [0.15, 0.2) is 164 Å². The number of benzene rings is 7. The summed E-state index contributed by atoms with van der Waals surface area (Å²) < 4.78 is 111. The average Bonchev–Trinajstić information content (AvgIpc) is 3.92. The van der Waals surface area contributed by atoms with E-state index < -0.39 is 65.8 Å². The Balaban J connectivity index is 1.28. The molecule has 3 aromatic heterocycles. The predicted molar refractivity (Wildman–Crippen MR) is 217 cm³/mol. The zero-order chi connectivity index (χ0) is 45.7. The fourth-order valence-corrected chi connectivity index (χ4v) is 7.89. The molecule has 0 saturated carbocycles. The van der Waals surface area contributed by atoms with E-state index in [1.165, 1.54) is 4.57 Å². The van der Waals surface area contributed by atoms with Crippen LogP contribution in [0.2, 0.25) is 0 Å². The Morgan fingerprint density at radius 1 is 0.491 bits per heavy atom. The van der Waals surface area contributed by atoms with Crippen LogP contribution in [-0.2, 0) is 5.41 Å². The quantitative estimate of drug-likeness (QED) is 0.185. The summed E-state index contributed by atoms with van der Waals surface area (Å²) in [7, 11) is 0. The van der Waals surface area contributed by atoms with E-state index in [1.54, 1.807) is 4.57 Å². The molecule has 0 radical (unpaired) electrons. The van der Waals surface area contributed by atoms with E-state index in [-0.39, 0.29) is 62.7 Å². The van der Waals surface area contributed by atoms with Gasteiger partial charge >= 0.3 is 0 Å². The highest BCUT2D eigenvalue weighted by Gasteiger charge is 2.35. The molecular formula is C48H33N5. The fourth-order valence-electron chi connectivity index (χ4n) is 7.89. The summed E-state index contributed by atoms with van der Waals surface area (Å²) in [6.07, 6.45) is 0. The van der Waals surface area contributed by atoms with Gasteiger partial charge in [0.25, 0.3) is 0 Å². The third-order valence-electron chi connectivity index (χ3n) is 10.3. The molecule has 1 aliphatic carbocycles. The van der Waals surface area contributed by atoms with Crippen LogP contribution < -0.4 is 0 Å². The predicted octanol–water partition coefficient (Wildman–Crippen LogP) is 11.7. The largest absolute Gasteiger partial charge is 0.309 e. The molecule has 5 heteroatoms. The second kappa shape index (κ2) is 11.1. The van der Waals surface area contributed by atoms with Gasteiger partial charge in [-0.15, -0.1) is 0 Å². The fraction of sp³-hybridized carbons (Fsp3) is 0.0625. The topological polar surface area (TPSA) is 48.5 Å². The number of fused-ring (bicyclic) bond motifs is 9. The third kappa shape index (κ3) is 4.34. The van der Waals surface area contributed by atoms with Gasteiger partial charge in [0.05, 0.1) is 38.5 Å². The van der Waals surface area contributed by atoms with Crippen LogP contribution >= 0.6 is 0 Å². The van der Waals surface area contributed by atoms with Crippen molar-refractivity contribution >= 4 is 43.6 Å². The van der Waals surface area contributed by atoms with Gasteiger partial charge in [0.2, 0.25) is 5.95 Å². The minimum absolute atomic E-state index is 0.000878. The normalized spacial score (nSPS) is 16.4. The van der Waals surface area contributed by atoms with Crippen LogP contribution in [-0.4, -0.2) is 24.1 Å². The van der Waals surface area contributed by atoms with Crippen LogP contribution in [0.3, 0.4) is 0 Å². The van der Waals surface area contributed by atoms with E-state index in [0.29, 0.717) is 16.6 Å². The van der Waals surface area contributed by atoms with Crippen molar-refractivity contribution in [3.05, 3.63) is 175 Å². The molecule has 0 atom stereocenters. The molecule has 53 heavy (non-hydrogen) atoms. The maximum Gasteiger partial charge on any atom is 0.238 e. The molecule has 1 aliphatic rings. The van der Waals surface area contributed by atoms with Crippen molar-refractivity contribution in [2.45, 2.75) is 19.3 Å². The monoisotopic (exact) mass is 691 g/mol. The lowest BCUT2D eigenvalue weighted by Crippen LogP contribution is -2.15. The van der Waals surface area contributed by atoms with Crippen LogP contribution in [0.4, 0.5) is 0 Å². The van der Waals surface area contributed by atoms with E-state index in [2.05, 4.69) is 26.0 Å². The Morgan fingerprint density at radius 2 is 1.09 bits per heavy atom. The summed E-state index contributed by atoms with van der Waals surface area (Å²) in [6, 6.07) is 22.4. The first-order chi connectivity index (χ1) is 31.0. The Kier molecular flexibility index (Phi) is 4.23. The van der Waals surface area contributed by atoms with Gasteiger partial charge in [-0.2, -0.15) is 9.97 Å². The Labute approximate surface area is 323 Å². The highest BCUT2D eigenvalue weighted by atomic mass is 15.2. The summed E-state index contributed by atoms with van der Waals surface area (Å²) in [5.41, 5.74) is 4.80. The van der Waals surface area contributed by atoms with Crippen molar-refractivity contribution in [2.24, 2.45) is 0 Å². The summed E-state index contributed by atoms with van der Waals surface area (Å²) >= 11 is 0. The first-order valence-electron chi connectivity index (χ1n) is 23.2. The molecule has 0 bridgehead atoms. The summed E-state index contributed by atoms with van der Waals surface area (Å²) in [4.78, 5) is 14.7. The Bertz CT molecular complexity index is 3670. The van der Waals surface area contributed by atoms with Crippen LogP contribution in [0.25, 0.3) is 89.2 Å². The van der Waals surface area contributed by atoms with Gasteiger partial charge in [0.15, 0.2) is 11.6 Å². The zero-order valence-electron chi connectivity index (χ0n) is 40.4. The summed E-state index contributed by atoms with van der Waals surface area (Å²) in [5.74, 6) is -0.605. The molecule has 0 spiro atoms. The number of rotatable bonds is 4. The third-order valence-corrected chi connectivity index (χ3v) is 10.3. The van der Waals surface area contributed by atoms with E-state index >= 15 is 0 Å². The molecule has 0 aliphatic heterocycles. The number of nitrogens with zero attached hydrogens (tertiary/aromatic N) is 5. The molecule has 0 unspecified atom stereocenters. The van der Waals surface area contributed by atoms with E-state index in [1.807, 2.05) is 78.9 Å². The number of aromatic nitrogens is 5. The molecule has 0 amide bonds. The number of hydrogen-bond donors (Lipinski definition) is 0. The lowest BCUT2D eigenvalue weighted by atomic mass is 9.82. The minimum Gasteiger partial charge on any atom is -0.309 e. The SMILES string of the molecule is [2H]c1c([2H])c(-c2nc(-c3ccc4c(c3)C(C)(C)c3ccccc3-4)nc(-n3c4c([2H])c([2H])c([2H])c([2H])c4c4c([2H])c([2H])c([2H])c([2H])c43)n2)c([2H])c(-n2c3ccccc3c3ccccc32)c1[2H]. The molecule has 10 aromatic rings. The van der Waals surface area contributed by atoms with Gasteiger partial charge in [-0.3, -0.25) is 4.57 Å². The highest BCUT2D eigenvalue weighted by molar-refractivity contribution is 6.10. The van der Waals surface area contributed by atoms with Gasteiger partial charge in [-0.25, -0.2) is 4.98 Å². The molecule has 5 nitrogen and oxygen atoms in total. The molecule has 0 saturated heterocycles. The van der Waals surface area contributed by atoms with Crippen molar-refractivity contribution in [3.63, 3.8) is 0 Å². The van der Waals surface area contributed by atoms with Crippen molar-refractivity contribution < 1.29 is 16.4 Å². The summed E-state index contributed by atoms with van der Waals surface area (Å²) in [5, 5.41) is 1.33. The van der Waals surface area contributed by atoms with Gasteiger partial charge in [-0.1, -0.05) is 135 Å². The van der Waals surface area contributed by atoms with Gasteiger partial charge in [0, 0.05) is 43.8 Å². The summed E-state index contributed by atoms with van der Waals surface area (Å²) in [6.45, 7) is 4.22. The van der Waals surface area contributed by atoms with Gasteiger partial charge < -0.3 is 4.57 Å². The minimum atomic E-state index is -0.626. The highest BCUT2D eigenvalue weighted by Crippen LogP contribution is 2.49. The lowest BCUT2D eigenvalue weighted by Gasteiger charge is -2.21. The van der Waals surface area contributed by atoms with Crippen molar-refractivity contribution in [1.29, 1.82) is 0 Å². The number of para-hydroxylation sites is 4. The second-order valence-corrected chi connectivity index (χ2v) is 13.6. The van der Waals surface area contributed by atoms with E-state index in [4.69, 9.17) is 23.2 Å². The van der Waals surface area contributed by atoms with Crippen LogP contribution in [0.5, 0.6) is 0 Å². The molecule has 0 N–H and O–H groups in total. The van der Waals surface area contributed by atoms with Crippen molar-refractivity contribution in [1.82, 2.24) is 24.1 Å². The zero-order valence-corrected chi connectivity index (χ0v) is 28.4. The molecular weight excluding hydrogens is 647 g/mol. The molecule has 250 valence electrons. The Hall–Kier alpha value is -6.85. The maximum absolute atomic E-state index is 9.87. The van der Waals surface area contributed by atoms with Gasteiger partial charge in [-0.05, 0) is 64.6 Å². The molecule has 0 fully saturated rings. The van der Waals surface area contributed by atoms with Crippen LogP contribution in [0.1, 0.15) is 41.4 Å². The van der Waals surface area contributed by atoms with E-state index in [9.17, 15) is 8.22 Å². The van der Waals surface area contributed by atoms with Gasteiger partial charge in [0.1, 0.15) is 0 Å². The molecule has 7 aromatic carbocycles. The molecule has 11 rings (SSSR count). The standard InChI is InChI=1S/C48H33N5/c1-48(2)39-21-8-3-16-33(39)34-27-26-31(29-40(34)48)46-49-45(50-47(51-46)53-43-24-11-6-19-37(43)38-20-7-12-25-44(38)53)30-14-13-15-32(28-30)52-41-22-9-4-17-35(41)36-18-5-10-23-42(36)52/h3-29H,1-2H3/i6D,7D,11D,12D,13D,14D,15D,19D,20D,24D,25D,28D. The number of hydrogen-bond acceptors (Lipinski definition) is 3. The average molecular weight is 692 g/mol. The van der Waals surface area contributed by atoms with E-state index in [0.717, 1.165) is 33.0 Å². The van der Waals surface area contributed by atoms with Crippen molar-refractivity contribution in [2.75, 3.05) is 0 Å². The smallest absolute Gasteiger partial charge is 0.238 e. The first-order valence-corrected chi connectivity index (χ1v) is 17.2. The lowest BCUT2D eigenvalue weighted by molar-refractivity contribution is 0.660. The first kappa shape index (κ1) is 20.3. The molecule has 3 heterocycles. The van der Waals surface area contributed by atoms with Crippen molar-refractivity contribution in [3.8, 4) is 45.5 Å². The maximum atomic E-state index is 9.87. The van der Waals surface area contributed by atoms with Crippen LogP contribution in [0, 0.1) is 0 Å². The second-order valence-electron chi connectivity index (χ2n) is 13.6.